The van der Waals surface area contributed by atoms with E-state index < -0.39 is 11.3 Å². The summed E-state index contributed by atoms with van der Waals surface area (Å²) in [6.45, 7) is 0. The Labute approximate surface area is 162 Å². The molecule has 1 aliphatic carbocycles. The lowest BCUT2D eigenvalue weighted by Gasteiger charge is -2.15. The van der Waals surface area contributed by atoms with Crippen LogP contribution in [0, 0.1) is 0 Å². The van der Waals surface area contributed by atoms with Crippen molar-refractivity contribution in [3.63, 3.8) is 0 Å². The fourth-order valence-electron chi connectivity index (χ4n) is 3.18. The molecule has 2 aromatic carbocycles. The van der Waals surface area contributed by atoms with Gasteiger partial charge in [0.05, 0.1) is 18.2 Å². The molecule has 0 saturated heterocycles. The summed E-state index contributed by atoms with van der Waals surface area (Å²) >= 11 is 0. The Balaban J connectivity index is 1.39. The van der Waals surface area contributed by atoms with E-state index in [4.69, 9.17) is 4.74 Å². The van der Waals surface area contributed by atoms with Gasteiger partial charge in [-0.05, 0) is 48.7 Å². The number of hydrazine groups is 1. The van der Waals surface area contributed by atoms with Crippen LogP contribution in [0.2, 0.25) is 0 Å². The molecule has 3 aromatic rings. The summed E-state index contributed by atoms with van der Waals surface area (Å²) in [5.74, 6) is 0.0822. The second-order valence-corrected chi connectivity index (χ2v) is 6.75. The van der Waals surface area contributed by atoms with Crippen LogP contribution in [0.1, 0.15) is 28.9 Å². The zero-order chi connectivity index (χ0) is 19.6. The fourth-order valence-corrected chi connectivity index (χ4v) is 3.18. The van der Waals surface area contributed by atoms with E-state index in [2.05, 4.69) is 21.0 Å². The fraction of sp³-hybridized carbons (Fsp3) is 0.190. The van der Waals surface area contributed by atoms with Crippen LogP contribution in [-0.4, -0.2) is 29.1 Å². The van der Waals surface area contributed by atoms with Crippen molar-refractivity contribution in [2.45, 2.75) is 18.3 Å². The molecule has 1 aliphatic rings. The highest BCUT2D eigenvalue weighted by Crippen LogP contribution is 2.48. The molecule has 0 aliphatic heterocycles. The topological polar surface area (TPSA) is 96.1 Å². The number of ether oxygens (including phenoxy) is 1. The van der Waals surface area contributed by atoms with Crippen molar-refractivity contribution in [1.82, 2.24) is 21.0 Å². The van der Waals surface area contributed by atoms with Crippen molar-refractivity contribution in [2.75, 3.05) is 7.11 Å². The standard InChI is InChI=1S/C21H20N4O3/c1-28-16-9-7-14(8-10-16)17-13-18(23-22-17)19(26)24-25-20(27)21(11-12-21)15-5-3-2-4-6-15/h2-10,13H,11-12H2,1H3,(H,22,23)(H,24,26)(H,25,27). The number of carbonyl (C=O) groups excluding carboxylic acids is 2. The van der Waals surface area contributed by atoms with E-state index in [0.717, 1.165) is 29.7 Å². The Kier molecular flexibility index (Phi) is 4.57. The maximum atomic E-state index is 12.6. The predicted octanol–water partition coefficient (Wildman–Crippen LogP) is 2.58. The number of hydrogen-bond acceptors (Lipinski definition) is 4. The van der Waals surface area contributed by atoms with Crippen LogP contribution in [0.4, 0.5) is 0 Å². The van der Waals surface area contributed by atoms with E-state index in [-0.39, 0.29) is 11.6 Å². The van der Waals surface area contributed by atoms with E-state index in [1.807, 2.05) is 54.6 Å². The molecule has 0 unspecified atom stereocenters. The first-order valence-corrected chi connectivity index (χ1v) is 8.98. The van der Waals surface area contributed by atoms with Crippen LogP contribution < -0.4 is 15.6 Å². The predicted molar refractivity (Wildman–Crippen MR) is 104 cm³/mol. The summed E-state index contributed by atoms with van der Waals surface area (Å²) in [6, 6.07) is 18.6. The number of rotatable bonds is 5. The molecule has 4 rings (SSSR count). The van der Waals surface area contributed by atoms with Gasteiger partial charge in [-0.2, -0.15) is 5.10 Å². The number of aromatic nitrogens is 2. The number of benzene rings is 2. The molecular formula is C21H20N4O3. The molecule has 2 amide bonds. The van der Waals surface area contributed by atoms with Gasteiger partial charge in [-0.1, -0.05) is 30.3 Å². The molecule has 142 valence electrons. The SMILES string of the molecule is COc1ccc(-c2cc(C(=O)NNC(=O)C3(c4ccccc4)CC3)[nH]n2)cc1. The summed E-state index contributed by atoms with van der Waals surface area (Å²) in [5.41, 5.74) is 7.16. The van der Waals surface area contributed by atoms with Crippen molar-refractivity contribution < 1.29 is 14.3 Å². The highest BCUT2D eigenvalue weighted by Gasteiger charge is 2.51. The molecule has 0 spiro atoms. The van der Waals surface area contributed by atoms with Crippen LogP contribution in [0.15, 0.2) is 60.7 Å². The van der Waals surface area contributed by atoms with Gasteiger partial charge in [-0.3, -0.25) is 25.5 Å². The number of methoxy groups -OCH3 is 1. The Morgan fingerprint density at radius 2 is 1.75 bits per heavy atom. The number of aromatic amines is 1. The number of amides is 2. The number of nitrogens with one attached hydrogen (secondary N) is 3. The zero-order valence-corrected chi connectivity index (χ0v) is 15.4. The summed E-state index contributed by atoms with van der Waals surface area (Å²) in [5, 5.41) is 6.86. The van der Waals surface area contributed by atoms with Crippen LogP contribution in [-0.2, 0) is 10.2 Å². The number of nitrogens with zero attached hydrogens (tertiary/aromatic N) is 1. The average molecular weight is 376 g/mol. The molecule has 28 heavy (non-hydrogen) atoms. The third-order valence-corrected chi connectivity index (χ3v) is 5.01. The Bertz CT molecular complexity index is 992. The van der Waals surface area contributed by atoms with E-state index >= 15 is 0 Å². The Morgan fingerprint density at radius 1 is 1.04 bits per heavy atom. The summed E-state index contributed by atoms with van der Waals surface area (Å²) in [7, 11) is 1.60. The number of H-pyrrole nitrogens is 1. The van der Waals surface area contributed by atoms with Gasteiger partial charge in [0.15, 0.2) is 0 Å². The first kappa shape index (κ1) is 17.8. The molecule has 7 nitrogen and oxygen atoms in total. The summed E-state index contributed by atoms with van der Waals surface area (Å²) in [6.07, 6.45) is 1.54. The van der Waals surface area contributed by atoms with Crippen molar-refractivity contribution in [3.8, 4) is 17.0 Å². The van der Waals surface area contributed by atoms with E-state index in [0.29, 0.717) is 5.69 Å². The van der Waals surface area contributed by atoms with E-state index in [1.165, 1.54) is 0 Å². The molecular weight excluding hydrogens is 356 g/mol. The Morgan fingerprint density at radius 3 is 2.39 bits per heavy atom. The maximum Gasteiger partial charge on any atom is 0.287 e. The van der Waals surface area contributed by atoms with Crippen molar-refractivity contribution in [1.29, 1.82) is 0 Å². The highest BCUT2D eigenvalue weighted by atomic mass is 16.5. The lowest BCUT2D eigenvalue weighted by atomic mass is 9.95. The van der Waals surface area contributed by atoms with Gasteiger partial charge >= 0.3 is 0 Å². The smallest absolute Gasteiger partial charge is 0.287 e. The largest absolute Gasteiger partial charge is 0.497 e. The lowest BCUT2D eigenvalue weighted by Crippen LogP contribution is -2.46. The van der Waals surface area contributed by atoms with Crippen molar-refractivity contribution in [3.05, 3.63) is 71.9 Å². The van der Waals surface area contributed by atoms with Crippen LogP contribution in [0.25, 0.3) is 11.3 Å². The zero-order valence-electron chi connectivity index (χ0n) is 15.4. The monoisotopic (exact) mass is 376 g/mol. The molecule has 1 heterocycles. The molecule has 0 radical (unpaired) electrons. The second kappa shape index (κ2) is 7.19. The third kappa shape index (κ3) is 3.34. The van der Waals surface area contributed by atoms with Crippen LogP contribution >= 0.6 is 0 Å². The highest BCUT2D eigenvalue weighted by molar-refractivity contribution is 5.97. The normalized spacial score (nSPS) is 14.2. The minimum Gasteiger partial charge on any atom is -0.497 e. The van der Waals surface area contributed by atoms with E-state index in [1.54, 1.807) is 13.2 Å². The van der Waals surface area contributed by atoms with Crippen LogP contribution in [0.5, 0.6) is 5.75 Å². The molecule has 1 fully saturated rings. The molecule has 1 aromatic heterocycles. The van der Waals surface area contributed by atoms with Crippen LogP contribution in [0.3, 0.4) is 0 Å². The van der Waals surface area contributed by atoms with Gasteiger partial charge in [-0.15, -0.1) is 0 Å². The minimum atomic E-state index is -0.545. The van der Waals surface area contributed by atoms with Gasteiger partial charge in [0, 0.05) is 5.56 Å². The maximum absolute atomic E-state index is 12.6. The van der Waals surface area contributed by atoms with Crippen molar-refractivity contribution in [2.24, 2.45) is 0 Å². The third-order valence-electron chi connectivity index (χ3n) is 5.01. The van der Waals surface area contributed by atoms with Gasteiger partial charge in [0.25, 0.3) is 5.91 Å². The molecule has 7 heteroatoms. The van der Waals surface area contributed by atoms with Gasteiger partial charge in [0.2, 0.25) is 5.91 Å². The number of carbonyl (C=O) groups is 2. The molecule has 1 saturated carbocycles. The van der Waals surface area contributed by atoms with Crippen molar-refractivity contribution >= 4 is 11.8 Å². The lowest BCUT2D eigenvalue weighted by molar-refractivity contribution is -0.124. The summed E-state index contributed by atoms with van der Waals surface area (Å²) < 4.78 is 5.13. The number of hydrogen-bond donors (Lipinski definition) is 3. The van der Waals surface area contributed by atoms with Gasteiger partial charge in [0.1, 0.15) is 11.4 Å². The Hall–Kier alpha value is -3.61. The summed E-state index contributed by atoms with van der Waals surface area (Å²) in [4.78, 5) is 24.9. The first-order chi connectivity index (χ1) is 13.6. The average Bonchev–Trinajstić information content (AvgIpc) is 3.42. The molecule has 3 N–H and O–H groups in total. The quantitative estimate of drug-likeness (QED) is 0.597. The first-order valence-electron chi connectivity index (χ1n) is 8.98. The molecule has 0 bridgehead atoms. The van der Waals surface area contributed by atoms with E-state index in [9.17, 15) is 9.59 Å². The molecule has 0 atom stereocenters. The van der Waals surface area contributed by atoms with Gasteiger partial charge < -0.3 is 4.74 Å². The minimum absolute atomic E-state index is 0.207. The van der Waals surface area contributed by atoms with Gasteiger partial charge in [-0.25, -0.2) is 0 Å². The second-order valence-electron chi connectivity index (χ2n) is 6.75.